The van der Waals surface area contributed by atoms with E-state index >= 15 is 0 Å². The summed E-state index contributed by atoms with van der Waals surface area (Å²) in [7, 11) is 3.32. The van der Waals surface area contributed by atoms with Gasteiger partial charge in [0, 0.05) is 31.5 Å². The minimum atomic E-state index is 0.328. The van der Waals surface area contributed by atoms with Crippen molar-refractivity contribution < 1.29 is 9.47 Å². The van der Waals surface area contributed by atoms with Crippen LogP contribution in [0.1, 0.15) is 11.1 Å². The fourth-order valence-electron chi connectivity index (χ4n) is 3.32. The van der Waals surface area contributed by atoms with E-state index in [4.69, 9.17) is 15.2 Å². The van der Waals surface area contributed by atoms with Gasteiger partial charge in [-0.25, -0.2) is 19.9 Å². The van der Waals surface area contributed by atoms with Crippen molar-refractivity contribution in [2.75, 3.05) is 24.9 Å². The van der Waals surface area contributed by atoms with E-state index in [-0.39, 0.29) is 0 Å². The lowest BCUT2D eigenvalue weighted by Crippen LogP contribution is -2.23. The molecule has 0 radical (unpaired) electrons. The zero-order valence-electron chi connectivity index (χ0n) is 18.0. The Bertz CT molecular complexity index is 1120. The molecule has 2 heterocycles. The average molecular weight is 428 g/mol. The van der Waals surface area contributed by atoms with Crippen LogP contribution in [0.5, 0.6) is 11.5 Å². The van der Waals surface area contributed by atoms with Crippen molar-refractivity contribution in [1.82, 2.24) is 19.9 Å². The fourth-order valence-corrected chi connectivity index (χ4v) is 3.32. The van der Waals surface area contributed by atoms with E-state index < -0.39 is 0 Å². The Kier molecular flexibility index (Phi) is 6.41. The molecule has 2 aromatic heterocycles. The van der Waals surface area contributed by atoms with Crippen molar-refractivity contribution in [2.24, 2.45) is 0 Å². The van der Waals surface area contributed by atoms with Crippen LogP contribution in [-0.4, -0.2) is 34.2 Å². The number of benzene rings is 2. The molecule has 0 unspecified atom stereocenters. The molecular formula is C24H24N6O2. The Labute approximate surface area is 186 Å². The Morgan fingerprint density at radius 2 is 1.31 bits per heavy atom. The van der Waals surface area contributed by atoms with Crippen LogP contribution >= 0.6 is 0 Å². The molecule has 0 fully saturated rings. The summed E-state index contributed by atoms with van der Waals surface area (Å²) < 4.78 is 10.6. The fraction of sp³-hybridized carbons (Fsp3) is 0.167. The Balaban J connectivity index is 1.67. The lowest BCUT2D eigenvalue weighted by Gasteiger charge is -2.24. The third-order valence-corrected chi connectivity index (χ3v) is 5.01. The van der Waals surface area contributed by atoms with Crippen molar-refractivity contribution in [2.45, 2.75) is 13.1 Å². The van der Waals surface area contributed by atoms with Crippen LogP contribution in [0, 0.1) is 0 Å². The number of aromatic nitrogens is 4. The number of rotatable bonds is 8. The van der Waals surface area contributed by atoms with Crippen LogP contribution < -0.4 is 20.1 Å². The third-order valence-electron chi connectivity index (χ3n) is 5.01. The number of hydrogen-bond acceptors (Lipinski definition) is 8. The maximum absolute atomic E-state index is 6.01. The van der Waals surface area contributed by atoms with Crippen molar-refractivity contribution >= 4 is 11.6 Å². The highest BCUT2D eigenvalue weighted by Gasteiger charge is 2.14. The molecule has 4 aromatic rings. The van der Waals surface area contributed by atoms with Crippen molar-refractivity contribution in [3.63, 3.8) is 0 Å². The zero-order valence-corrected chi connectivity index (χ0v) is 18.0. The predicted octanol–water partition coefficient (Wildman–Crippen LogP) is 3.74. The Morgan fingerprint density at radius 3 is 1.84 bits per heavy atom. The summed E-state index contributed by atoms with van der Waals surface area (Å²) in [6.07, 6.45) is 4.67. The van der Waals surface area contributed by atoms with Gasteiger partial charge in [0.15, 0.2) is 5.82 Å². The van der Waals surface area contributed by atoms with Gasteiger partial charge in [-0.3, -0.25) is 0 Å². The number of ether oxygens (including phenoxy) is 2. The molecule has 2 N–H and O–H groups in total. The quantitative estimate of drug-likeness (QED) is 0.453. The molecule has 2 aromatic carbocycles. The predicted molar refractivity (Wildman–Crippen MR) is 123 cm³/mol. The maximum Gasteiger partial charge on any atom is 0.151 e. The topological polar surface area (TPSA) is 99.3 Å². The second-order valence-corrected chi connectivity index (χ2v) is 7.10. The van der Waals surface area contributed by atoms with Gasteiger partial charge in [0.05, 0.1) is 19.9 Å². The number of methoxy groups -OCH3 is 2. The lowest BCUT2D eigenvalue weighted by atomic mass is 10.1. The van der Waals surface area contributed by atoms with E-state index in [0.717, 1.165) is 28.4 Å². The van der Waals surface area contributed by atoms with E-state index in [1.54, 1.807) is 26.6 Å². The van der Waals surface area contributed by atoms with Crippen LogP contribution in [0.3, 0.4) is 0 Å². The molecule has 0 amide bonds. The second kappa shape index (κ2) is 9.74. The summed E-state index contributed by atoms with van der Waals surface area (Å²) in [5.41, 5.74) is 9.41. The second-order valence-electron chi connectivity index (χ2n) is 7.10. The number of nitrogens with two attached hydrogens (primary N) is 1. The molecule has 0 aliphatic rings. The molecule has 162 valence electrons. The van der Waals surface area contributed by atoms with Crippen LogP contribution in [0.15, 0.2) is 73.3 Å². The minimum Gasteiger partial charge on any atom is -0.497 e. The SMILES string of the molecule is COc1ccc(CN(Cc2ccc(OC)cc2)c2cc(-c3nccnc3N)ncn2)cc1. The van der Waals surface area contributed by atoms with Gasteiger partial charge in [0.2, 0.25) is 0 Å². The van der Waals surface area contributed by atoms with Crippen molar-refractivity contribution in [3.05, 3.63) is 84.4 Å². The van der Waals surface area contributed by atoms with E-state index in [1.165, 1.54) is 6.33 Å². The molecule has 0 spiro atoms. The van der Waals surface area contributed by atoms with Gasteiger partial charge in [0.1, 0.15) is 29.3 Å². The van der Waals surface area contributed by atoms with Gasteiger partial charge in [0.25, 0.3) is 0 Å². The number of hydrogen-bond donors (Lipinski definition) is 1. The van der Waals surface area contributed by atoms with Crippen LogP contribution in [0.4, 0.5) is 11.6 Å². The first-order valence-corrected chi connectivity index (χ1v) is 10.1. The Morgan fingerprint density at radius 1 is 0.750 bits per heavy atom. The summed E-state index contributed by atoms with van der Waals surface area (Å²) in [5, 5.41) is 0. The number of anilines is 2. The smallest absolute Gasteiger partial charge is 0.151 e. The molecule has 32 heavy (non-hydrogen) atoms. The van der Waals surface area contributed by atoms with Crippen molar-refractivity contribution in [3.8, 4) is 22.9 Å². The molecule has 8 nitrogen and oxygen atoms in total. The molecule has 0 aliphatic heterocycles. The normalized spacial score (nSPS) is 10.6. The third kappa shape index (κ3) is 4.92. The van der Waals surface area contributed by atoms with Crippen LogP contribution in [-0.2, 0) is 13.1 Å². The average Bonchev–Trinajstić information content (AvgIpc) is 2.85. The Hall–Kier alpha value is -4.20. The standard InChI is InChI=1S/C24H24N6O2/c1-31-19-7-3-17(4-8-19)14-30(15-18-5-9-20(32-2)10-6-18)22-13-21(28-16-29-22)23-24(25)27-12-11-26-23/h3-13,16H,14-15H2,1-2H3,(H2,25,27). The molecule has 0 atom stereocenters. The van der Waals surface area contributed by atoms with Gasteiger partial charge >= 0.3 is 0 Å². The van der Waals surface area contributed by atoms with E-state index in [0.29, 0.717) is 30.3 Å². The summed E-state index contributed by atoms with van der Waals surface area (Å²) in [5.74, 6) is 2.72. The lowest BCUT2D eigenvalue weighted by molar-refractivity contribution is 0.414. The van der Waals surface area contributed by atoms with E-state index in [2.05, 4.69) is 24.8 Å². The molecule has 0 saturated heterocycles. The molecule has 4 rings (SSSR count). The van der Waals surface area contributed by atoms with Gasteiger partial charge in [-0.05, 0) is 35.4 Å². The highest BCUT2D eigenvalue weighted by molar-refractivity contribution is 5.68. The summed E-state index contributed by atoms with van der Waals surface area (Å²) in [6, 6.07) is 17.9. The molecule has 0 bridgehead atoms. The number of nitrogen functional groups attached to an aromatic ring is 1. The van der Waals surface area contributed by atoms with Gasteiger partial charge in [-0.1, -0.05) is 24.3 Å². The van der Waals surface area contributed by atoms with E-state index in [1.807, 2.05) is 54.6 Å². The highest BCUT2D eigenvalue weighted by atomic mass is 16.5. The van der Waals surface area contributed by atoms with Gasteiger partial charge in [-0.2, -0.15) is 0 Å². The zero-order chi connectivity index (χ0) is 22.3. The van der Waals surface area contributed by atoms with Crippen LogP contribution in [0.25, 0.3) is 11.4 Å². The summed E-state index contributed by atoms with van der Waals surface area (Å²) in [4.78, 5) is 19.5. The minimum absolute atomic E-state index is 0.328. The highest BCUT2D eigenvalue weighted by Crippen LogP contribution is 2.25. The van der Waals surface area contributed by atoms with Crippen molar-refractivity contribution in [1.29, 1.82) is 0 Å². The first-order chi connectivity index (χ1) is 15.7. The van der Waals surface area contributed by atoms with Crippen LogP contribution in [0.2, 0.25) is 0 Å². The maximum atomic E-state index is 6.01. The van der Waals surface area contributed by atoms with E-state index in [9.17, 15) is 0 Å². The molecule has 0 saturated carbocycles. The molecule has 0 aliphatic carbocycles. The molecular weight excluding hydrogens is 404 g/mol. The monoisotopic (exact) mass is 428 g/mol. The van der Waals surface area contributed by atoms with Gasteiger partial charge < -0.3 is 20.1 Å². The first kappa shape index (κ1) is 21.0. The number of nitrogens with zero attached hydrogens (tertiary/aromatic N) is 5. The summed E-state index contributed by atoms with van der Waals surface area (Å²) in [6.45, 7) is 1.28. The largest absolute Gasteiger partial charge is 0.497 e. The van der Waals surface area contributed by atoms with Gasteiger partial charge in [-0.15, -0.1) is 0 Å². The molecule has 8 heteroatoms. The first-order valence-electron chi connectivity index (χ1n) is 10.1. The summed E-state index contributed by atoms with van der Waals surface area (Å²) >= 11 is 0.